The zero-order chi connectivity index (χ0) is 23.6. The van der Waals surface area contributed by atoms with Gasteiger partial charge in [0.05, 0.1) is 17.9 Å². The van der Waals surface area contributed by atoms with Crippen LogP contribution in [0, 0.1) is 0 Å². The third kappa shape index (κ3) is 4.74. The second kappa shape index (κ2) is 8.81. The van der Waals surface area contributed by atoms with Gasteiger partial charge in [-0.1, -0.05) is 42.5 Å². The van der Waals surface area contributed by atoms with Crippen molar-refractivity contribution in [2.24, 2.45) is 0 Å². The fourth-order valence-corrected chi connectivity index (χ4v) is 3.42. The summed E-state index contributed by atoms with van der Waals surface area (Å²) in [5.74, 6) is 0. The number of hydrogen-bond donors (Lipinski definition) is 2. The topological polar surface area (TPSA) is 92.8 Å². The third-order valence-corrected chi connectivity index (χ3v) is 5.13. The standard InChI is InChI=1S/C23H19F3N4O3/c1-14(16-7-9-17(10-8-16)23(24,25)26)30-20-19(21(31)28-22(32)27-20)18(29-30)11-12-33-13-15-5-3-2-4-6-15/h2-12,14H,13H2,1H3,(H2,27,28,31,32)/t14-/m0/s1. The van der Waals surface area contributed by atoms with Gasteiger partial charge in [0.2, 0.25) is 0 Å². The first-order valence-corrected chi connectivity index (χ1v) is 9.98. The van der Waals surface area contributed by atoms with Crippen LogP contribution in [-0.2, 0) is 17.5 Å². The SMILES string of the molecule is C[C@@H](c1ccc(C(F)(F)F)cc1)n1nc(C=COCc2ccccc2)c2c(=O)[nH]c(=O)[nH]c21. The number of ether oxygens (including phenoxy) is 1. The number of fused-ring (bicyclic) bond motifs is 1. The number of aromatic nitrogens is 4. The smallest absolute Gasteiger partial charge is 0.416 e. The largest absolute Gasteiger partial charge is 0.496 e. The van der Waals surface area contributed by atoms with Gasteiger partial charge in [0, 0.05) is 6.08 Å². The number of aromatic amines is 2. The fraction of sp³-hybridized carbons (Fsp3) is 0.174. The minimum absolute atomic E-state index is 0.132. The monoisotopic (exact) mass is 456 g/mol. The number of alkyl halides is 3. The molecule has 2 N–H and O–H groups in total. The molecule has 0 bridgehead atoms. The van der Waals surface area contributed by atoms with Crippen molar-refractivity contribution in [3.05, 3.63) is 104 Å². The van der Waals surface area contributed by atoms with E-state index in [0.29, 0.717) is 12.2 Å². The van der Waals surface area contributed by atoms with Gasteiger partial charge in [0.25, 0.3) is 5.56 Å². The Balaban J connectivity index is 1.68. The molecule has 2 heterocycles. The Hall–Kier alpha value is -4.08. The van der Waals surface area contributed by atoms with Crippen molar-refractivity contribution in [3.63, 3.8) is 0 Å². The number of hydrogen-bond acceptors (Lipinski definition) is 4. The van der Waals surface area contributed by atoms with E-state index in [1.807, 2.05) is 30.3 Å². The highest BCUT2D eigenvalue weighted by atomic mass is 19.4. The predicted octanol–water partition coefficient (Wildman–Crippen LogP) is 4.23. The fourth-order valence-electron chi connectivity index (χ4n) is 3.42. The molecule has 0 aliphatic heterocycles. The van der Waals surface area contributed by atoms with Crippen molar-refractivity contribution < 1.29 is 17.9 Å². The molecule has 4 rings (SSSR count). The van der Waals surface area contributed by atoms with E-state index >= 15 is 0 Å². The lowest BCUT2D eigenvalue weighted by atomic mass is 10.1. The normalized spacial score (nSPS) is 13.0. The Labute approximate surface area is 185 Å². The van der Waals surface area contributed by atoms with E-state index in [1.54, 1.807) is 6.92 Å². The van der Waals surface area contributed by atoms with Crippen molar-refractivity contribution in [2.45, 2.75) is 25.7 Å². The van der Waals surface area contributed by atoms with Crippen LogP contribution in [0.4, 0.5) is 13.2 Å². The summed E-state index contributed by atoms with van der Waals surface area (Å²) in [5.41, 5.74) is -0.257. The van der Waals surface area contributed by atoms with Gasteiger partial charge < -0.3 is 4.74 Å². The van der Waals surface area contributed by atoms with Crippen molar-refractivity contribution >= 4 is 17.1 Å². The van der Waals surface area contributed by atoms with E-state index in [4.69, 9.17) is 4.74 Å². The third-order valence-electron chi connectivity index (χ3n) is 5.13. The van der Waals surface area contributed by atoms with Gasteiger partial charge in [-0.2, -0.15) is 18.3 Å². The Morgan fingerprint density at radius 2 is 1.76 bits per heavy atom. The predicted molar refractivity (Wildman–Crippen MR) is 116 cm³/mol. The molecule has 0 spiro atoms. The van der Waals surface area contributed by atoms with Gasteiger partial charge in [-0.3, -0.25) is 14.8 Å². The van der Waals surface area contributed by atoms with Crippen LogP contribution in [-0.4, -0.2) is 19.7 Å². The number of benzene rings is 2. The summed E-state index contributed by atoms with van der Waals surface area (Å²) in [7, 11) is 0. The number of halogens is 3. The molecule has 0 amide bonds. The first-order chi connectivity index (χ1) is 15.7. The Morgan fingerprint density at radius 3 is 2.42 bits per heavy atom. The molecule has 0 saturated heterocycles. The van der Waals surface area contributed by atoms with Crippen molar-refractivity contribution in [1.29, 1.82) is 0 Å². The van der Waals surface area contributed by atoms with Crippen molar-refractivity contribution in [3.8, 4) is 0 Å². The summed E-state index contributed by atoms with van der Waals surface area (Å²) in [4.78, 5) is 29.1. The molecule has 33 heavy (non-hydrogen) atoms. The lowest BCUT2D eigenvalue weighted by Crippen LogP contribution is -2.23. The lowest BCUT2D eigenvalue weighted by molar-refractivity contribution is -0.137. The summed E-state index contributed by atoms with van der Waals surface area (Å²) in [6.45, 7) is 2.01. The van der Waals surface area contributed by atoms with E-state index in [1.165, 1.54) is 29.2 Å². The van der Waals surface area contributed by atoms with E-state index < -0.39 is 29.0 Å². The van der Waals surface area contributed by atoms with Crippen LogP contribution in [0.1, 0.15) is 35.3 Å². The first-order valence-electron chi connectivity index (χ1n) is 9.98. The molecule has 7 nitrogen and oxygen atoms in total. The van der Waals surface area contributed by atoms with Crippen molar-refractivity contribution in [1.82, 2.24) is 19.7 Å². The summed E-state index contributed by atoms with van der Waals surface area (Å²) in [6, 6.07) is 13.5. The quantitative estimate of drug-likeness (QED) is 0.425. The van der Waals surface area contributed by atoms with Crippen molar-refractivity contribution in [2.75, 3.05) is 0 Å². The number of rotatable bonds is 6. The molecule has 0 saturated carbocycles. The molecular formula is C23H19F3N4O3. The minimum Gasteiger partial charge on any atom is -0.496 e. The van der Waals surface area contributed by atoms with Crippen LogP contribution in [0.2, 0.25) is 0 Å². The molecule has 2 aromatic heterocycles. The van der Waals surface area contributed by atoms with Gasteiger partial charge in [-0.05, 0) is 30.2 Å². The van der Waals surface area contributed by atoms with E-state index in [0.717, 1.165) is 17.7 Å². The van der Waals surface area contributed by atoms with Crippen LogP contribution < -0.4 is 11.2 Å². The molecule has 0 aliphatic rings. The molecule has 170 valence electrons. The average Bonchev–Trinajstić information content (AvgIpc) is 3.15. The lowest BCUT2D eigenvalue weighted by Gasteiger charge is -2.15. The highest BCUT2D eigenvalue weighted by molar-refractivity contribution is 5.83. The summed E-state index contributed by atoms with van der Waals surface area (Å²) < 4.78 is 45.6. The molecule has 0 fully saturated rings. The van der Waals surface area contributed by atoms with E-state index in [2.05, 4.69) is 15.1 Å². The molecule has 1 atom stereocenters. The average molecular weight is 456 g/mol. The van der Waals surface area contributed by atoms with Crippen LogP contribution >= 0.6 is 0 Å². The molecule has 0 radical (unpaired) electrons. The van der Waals surface area contributed by atoms with E-state index in [-0.39, 0.29) is 16.7 Å². The van der Waals surface area contributed by atoms with Crippen LogP contribution in [0.25, 0.3) is 17.1 Å². The first kappa shape index (κ1) is 22.1. The van der Waals surface area contributed by atoms with Gasteiger partial charge in [0.15, 0.2) is 0 Å². The number of nitrogens with zero attached hydrogens (tertiary/aromatic N) is 2. The molecule has 10 heteroatoms. The summed E-state index contributed by atoms with van der Waals surface area (Å²) in [6.07, 6.45) is -1.56. The van der Waals surface area contributed by atoms with Gasteiger partial charge in [0.1, 0.15) is 23.3 Å². The van der Waals surface area contributed by atoms with Gasteiger partial charge in [-0.25, -0.2) is 9.48 Å². The Morgan fingerprint density at radius 1 is 1.06 bits per heavy atom. The van der Waals surface area contributed by atoms with Crippen LogP contribution in [0.3, 0.4) is 0 Å². The number of H-pyrrole nitrogens is 2. The Kier molecular flexibility index (Phi) is 5.91. The van der Waals surface area contributed by atoms with Gasteiger partial charge >= 0.3 is 11.9 Å². The molecule has 2 aromatic carbocycles. The highest BCUT2D eigenvalue weighted by Crippen LogP contribution is 2.31. The molecule has 0 unspecified atom stereocenters. The second-order valence-electron chi connectivity index (χ2n) is 7.36. The minimum atomic E-state index is -4.45. The second-order valence-corrected chi connectivity index (χ2v) is 7.36. The molecular weight excluding hydrogens is 437 g/mol. The maximum absolute atomic E-state index is 12.9. The van der Waals surface area contributed by atoms with Crippen LogP contribution in [0.15, 0.2) is 70.4 Å². The summed E-state index contributed by atoms with van der Waals surface area (Å²) in [5, 5.41) is 4.55. The maximum Gasteiger partial charge on any atom is 0.416 e. The molecule has 4 aromatic rings. The maximum atomic E-state index is 12.9. The molecule has 0 aliphatic carbocycles. The highest BCUT2D eigenvalue weighted by Gasteiger charge is 2.30. The van der Waals surface area contributed by atoms with Crippen LogP contribution in [0.5, 0.6) is 0 Å². The van der Waals surface area contributed by atoms with Gasteiger partial charge in [-0.15, -0.1) is 0 Å². The zero-order valence-electron chi connectivity index (χ0n) is 17.4. The number of nitrogens with one attached hydrogen (secondary N) is 2. The van der Waals surface area contributed by atoms with E-state index in [9.17, 15) is 22.8 Å². The Bertz CT molecular complexity index is 1400. The summed E-state index contributed by atoms with van der Waals surface area (Å²) >= 11 is 0. The zero-order valence-corrected chi connectivity index (χ0v) is 17.4.